The molecule has 24 heavy (non-hydrogen) atoms. The van der Waals surface area contributed by atoms with Crippen molar-refractivity contribution in [3.8, 4) is 0 Å². The molecule has 2 aliphatic rings. The van der Waals surface area contributed by atoms with E-state index in [4.69, 9.17) is 11.6 Å². The van der Waals surface area contributed by atoms with Gasteiger partial charge in [-0.2, -0.15) is 4.98 Å². The minimum absolute atomic E-state index is 0.0129. The summed E-state index contributed by atoms with van der Waals surface area (Å²) >= 11 is 6.11. The molecule has 1 aliphatic carbocycles. The summed E-state index contributed by atoms with van der Waals surface area (Å²) in [6.45, 7) is 0. The fraction of sp³-hybridized carbons (Fsp3) is 0.429. The molecule has 4 rings (SSSR count). The summed E-state index contributed by atoms with van der Waals surface area (Å²) in [5.74, 6) is -3.45. The molecule has 0 bridgehead atoms. The molecule has 10 heteroatoms. The third-order valence-electron chi connectivity index (χ3n) is 4.31. The minimum Gasteiger partial charge on any atom is -0.239 e. The number of hydrogen-bond donors (Lipinski definition) is 0. The molecular formula is C14H11ClF3N3O2S. The highest BCUT2D eigenvalue weighted by atomic mass is 35.5. The highest BCUT2D eigenvalue weighted by Gasteiger charge is 2.66. The topological polar surface area (TPSA) is 64.8 Å². The van der Waals surface area contributed by atoms with Crippen LogP contribution in [0.3, 0.4) is 0 Å². The molecule has 1 fully saturated rings. The average Bonchev–Trinajstić information content (AvgIpc) is 2.87. The highest BCUT2D eigenvalue weighted by Crippen LogP contribution is 2.49. The van der Waals surface area contributed by atoms with Crippen LogP contribution < -0.4 is 0 Å². The Balaban J connectivity index is 1.76. The van der Waals surface area contributed by atoms with Crippen molar-refractivity contribution < 1.29 is 21.6 Å². The predicted molar refractivity (Wildman–Crippen MR) is 78.6 cm³/mol. The standard InChI is InChI=1S/C14H11ClF3N3O2S/c15-8-4-2-1-3-7(8)10-5-9(16)12-19-13(20-21(10)12)24(22,23)11-6-14(11,17)18/h1-4,9-11H,5-6H2/t9-,10-,11+/m0/s1. The second-order valence-corrected chi connectivity index (χ2v) is 8.37. The SMILES string of the molecule is O=S(=O)(c1nc2n(n1)[C@H](c1ccccc1Cl)C[C@@H]2F)[C@@H]1CC1(F)F. The van der Waals surface area contributed by atoms with Gasteiger partial charge in [-0.3, -0.25) is 0 Å². The molecule has 0 N–H and O–H groups in total. The van der Waals surface area contributed by atoms with Gasteiger partial charge in [0.05, 0.1) is 6.04 Å². The molecule has 0 unspecified atom stereocenters. The average molecular weight is 378 g/mol. The molecule has 1 aliphatic heterocycles. The number of hydrogen-bond acceptors (Lipinski definition) is 4. The van der Waals surface area contributed by atoms with Gasteiger partial charge in [-0.25, -0.2) is 26.3 Å². The second-order valence-electron chi connectivity index (χ2n) is 5.94. The van der Waals surface area contributed by atoms with Crippen LogP contribution in [0.4, 0.5) is 13.2 Å². The number of nitrogens with zero attached hydrogens (tertiary/aromatic N) is 3. The van der Waals surface area contributed by atoms with Crippen LogP contribution in [0.1, 0.15) is 36.4 Å². The van der Waals surface area contributed by atoms with Crippen molar-refractivity contribution in [3.63, 3.8) is 0 Å². The van der Waals surface area contributed by atoms with E-state index < -0.39 is 44.8 Å². The zero-order valence-electron chi connectivity index (χ0n) is 12.0. The Morgan fingerprint density at radius 1 is 1.29 bits per heavy atom. The van der Waals surface area contributed by atoms with Crippen LogP contribution in [0.2, 0.25) is 5.02 Å². The van der Waals surface area contributed by atoms with Gasteiger partial charge in [0.15, 0.2) is 12.0 Å². The molecule has 0 radical (unpaired) electrons. The van der Waals surface area contributed by atoms with E-state index in [1.165, 1.54) is 0 Å². The van der Waals surface area contributed by atoms with Crippen LogP contribution in [0.5, 0.6) is 0 Å². The Hall–Kier alpha value is -1.61. The first-order valence-corrected chi connectivity index (χ1v) is 9.11. The molecule has 1 aromatic heterocycles. The van der Waals surface area contributed by atoms with Crippen LogP contribution in [-0.2, 0) is 9.84 Å². The number of sulfone groups is 1. The maximum Gasteiger partial charge on any atom is 0.267 e. The normalized spacial score (nSPS) is 27.9. The summed E-state index contributed by atoms with van der Waals surface area (Å²) in [7, 11) is -4.38. The first kappa shape index (κ1) is 15.9. The van der Waals surface area contributed by atoms with Crippen molar-refractivity contribution in [2.45, 2.75) is 41.4 Å². The summed E-state index contributed by atoms with van der Waals surface area (Å²) in [6.07, 6.45) is -2.28. The van der Waals surface area contributed by atoms with Crippen molar-refractivity contribution in [2.24, 2.45) is 0 Å². The molecule has 1 saturated carbocycles. The maximum absolute atomic E-state index is 14.2. The third-order valence-corrected chi connectivity index (χ3v) is 6.59. The lowest BCUT2D eigenvalue weighted by molar-refractivity contribution is 0.121. The number of fused-ring (bicyclic) bond motifs is 1. The van der Waals surface area contributed by atoms with Crippen LogP contribution in [-0.4, -0.2) is 34.4 Å². The fourth-order valence-corrected chi connectivity index (χ4v) is 4.77. The summed E-state index contributed by atoms with van der Waals surface area (Å²) in [4.78, 5) is 3.69. The zero-order valence-corrected chi connectivity index (χ0v) is 13.6. The van der Waals surface area contributed by atoms with Crippen LogP contribution >= 0.6 is 11.6 Å². The lowest BCUT2D eigenvalue weighted by atomic mass is 10.0. The van der Waals surface area contributed by atoms with E-state index >= 15 is 0 Å². The number of alkyl halides is 3. The van der Waals surface area contributed by atoms with Crippen molar-refractivity contribution in [3.05, 3.63) is 40.7 Å². The lowest BCUT2D eigenvalue weighted by Crippen LogP contribution is -2.17. The van der Waals surface area contributed by atoms with E-state index in [1.54, 1.807) is 24.3 Å². The Morgan fingerprint density at radius 3 is 2.58 bits per heavy atom. The fourth-order valence-electron chi connectivity index (χ4n) is 2.94. The van der Waals surface area contributed by atoms with E-state index in [9.17, 15) is 21.6 Å². The van der Waals surface area contributed by atoms with Crippen LogP contribution in [0.15, 0.2) is 29.4 Å². The second kappa shape index (κ2) is 4.95. The van der Waals surface area contributed by atoms with Crippen molar-refractivity contribution in [2.75, 3.05) is 0 Å². The highest BCUT2D eigenvalue weighted by molar-refractivity contribution is 7.92. The Bertz CT molecular complexity index is 931. The van der Waals surface area contributed by atoms with Gasteiger partial charge in [-0.05, 0) is 11.6 Å². The van der Waals surface area contributed by atoms with E-state index in [0.717, 1.165) is 4.68 Å². The van der Waals surface area contributed by atoms with Gasteiger partial charge < -0.3 is 0 Å². The van der Waals surface area contributed by atoms with Gasteiger partial charge in [-0.15, -0.1) is 5.10 Å². The molecule has 0 spiro atoms. The molecule has 2 aromatic rings. The first-order chi connectivity index (χ1) is 11.2. The molecule has 5 nitrogen and oxygen atoms in total. The van der Waals surface area contributed by atoms with E-state index in [1.807, 2.05) is 0 Å². The smallest absolute Gasteiger partial charge is 0.239 e. The van der Waals surface area contributed by atoms with Crippen LogP contribution in [0, 0.1) is 0 Å². The number of rotatable bonds is 3. The quantitative estimate of drug-likeness (QED) is 0.824. The molecule has 1 aromatic carbocycles. The molecule has 0 amide bonds. The van der Waals surface area contributed by atoms with Crippen molar-refractivity contribution in [1.82, 2.24) is 14.8 Å². The number of halogens is 4. The zero-order chi connectivity index (χ0) is 17.3. The van der Waals surface area contributed by atoms with Crippen LogP contribution in [0.25, 0.3) is 0 Å². The van der Waals surface area contributed by atoms with Gasteiger partial charge >= 0.3 is 0 Å². The van der Waals surface area contributed by atoms with Crippen molar-refractivity contribution >= 4 is 21.4 Å². The minimum atomic E-state index is -4.38. The maximum atomic E-state index is 14.2. The van der Waals surface area contributed by atoms with E-state index in [-0.39, 0.29) is 12.2 Å². The van der Waals surface area contributed by atoms with Gasteiger partial charge in [0.1, 0.15) is 5.25 Å². The van der Waals surface area contributed by atoms with Gasteiger partial charge in [0.2, 0.25) is 9.84 Å². The largest absolute Gasteiger partial charge is 0.267 e. The summed E-state index contributed by atoms with van der Waals surface area (Å²) in [5, 5.41) is 1.63. The molecular weight excluding hydrogens is 367 g/mol. The third kappa shape index (κ3) is 2.25. The number of aromatic nitrogens is 3. The summed E-state index contributed by atoms with van der Waals surface area (Å²) in [6, 6.07) is 6.11. The Labute approximate surface area is 140 Å². The molecule has 2 heterocycles. The predicted octanol–water partition coefficient (Wildman–Crippen LogP) is 3.12. The summed E-state index contributed by atoms with van der Waals surface area (Å²) < 4.78 is 66.0. The van der Waals surface area contributed by atoms with Crippen molar-refractivity contribution in [1.29, 1.82) is 0 Å². The molecule has 3 atom stereocenters. The van der Waals surface area contributed by atoms with E-state index in [2.05, 4.69) is 10.1 Å². The van der Waals surface area contributed by atoms with Gasteiger partial charge in [0, 0.05) is 17.9 Å². The van der Waals surface area contributed by atoms with E-state index in [0.29, 0.717) is 10.6 Å². The monoisotopic (exact) mass is 377 g/mol. The first-order valence-electron chi connectivity index (χ1n) is 7.18. The number of benzene rings is 1. The van der Waals surface area contributed by atoms with Gasteiger partial charge in [-0.1, -0.05) is 29.8 Å². The molecule has 128 valence electrons. The Morgan fingerprint density at radius 2 is 1.96 bits per heavy atom. The Kier molecular flexibility index (Phi) is 3.28. The molecule has 0 saturated heterocycles. The lowest BCUT2D eigenvalue weighted by Gasteiger charge is -2.13. The summed E-state index contributed by atoms with van der Waals surface area (Å²) in [5.41, 5.74) is 0.575. The van der Waals surface area contributed by atoms with Gasteiger partial charge in [0.25, 0.3) is 11.1 Å².